The van der Waals surface area contributed by atoms with Gasteiger partial charge in [-0.05, 0) is 37.2 Å². The average Bonchev–Trinajstić information content (AvgIpc) is 2.40. The molecule has 2 aromatic rings. The number of aryl methyl sites for hydroxylation is 1. The molecule has 1 nitrogen and oxygen atoms in total. The van der Waals surface area contributed by atoms with Gasteiger partial charge in [0, 0.05) is 10.6 Å². The van der Waals surface area contributed by atoms with E-state index in [1.807, 2.05) is 0 Å². The summed E-state index contributed by atoms with van der Waals surface area (Å²) in [6.45, 7) is 1.61. The first-order valence-electron chi connectivity index (χ1n) is 5.92. The van der Waals surface area contributed by atoms with Gasteiger partial charge < -0.3 is 5.32 Å². The average molecular weight is 282 g/mol. The molecule has 4 heteroatoms. The molecular weight excluding hydrogens is 268 g/mol. The third-order valence-corrected chi connectivity index (χ3v) is 3.46. The lowest BCUT2D eigenvalue weighted by Crippen LogP contribution is -2.21. The fraction of sp³-hybridized carbons (Fsp3) is 0.200. The maximum Gasteiger partial charge on any atom is 0.134 e. The molecule has 1 N–H and O–H groups in total. The summed E-state index contributed by atoms with van der Waals surface area (Å²) in [5.41, 5.74) is 1.05. The van der Waals surface area contributed by atoms with Crippen molar-refractivity contribution in [3.63, 3.8) is 0 Å². The van der Waals surface area contributed by atoms with Crippen LogP contribution in [0.25, 0.3) is 0 Å². The molecule has 0 radical (unpaired) electrons. The van der Waals surface area contributed by atoms with Crippen molar-refractivity contribution in [1.29, 1.82) is 0 Å². The van der Waals surface area contributed by atoms with Gasteiger partial charge in [-0.3, -0.25) is 0 Å². The van der Waals surface area contributed by atoms with Gasteiger partial charge in [-0.1, -0.05) is 35.9 Å². The van der Waals surface area contributed by atoms with Crippen LogP contribution in [0.2, 0.25) is 5.02 Å². The first-order chi connectivity index (χ1) is 9.06. The van der Waals surface area contributed by atoms with Crippen LogP contribution in [0.4, 0.5) is 8.78 Å². The van der Waals surface area contributed by atoms with E-state index in [0.29, 0.717) is 16.1 Å². The summed E-state index contributed by atoms with van der Waals surface area (Å²) in [6, 6.07) is 9.10. The van der Waals surface area contributed by atoms with Gasteiger partial charge in [-0.2, -0.15) is 0 Å². The number of halogens is 3. The Bertz CT molecular complexity index is 599. The molecule has 100 valence electrons. The van der Waals surface area contributed by atoms with E-state index >= 15 is 0 Å². The van der Waals surface area contributed by atoms with Crippen LogP contribution in [0.15, 0.2) is 36.4 Å². The molecule has 0 fully saturated rings. The molecular formula is C15H14ClF2N. The molecule has 0 aliphatic heterocycles. The minimum absolute atomic E-state index is 0.00407. The van der Waals surface area contributed by atoms with Gasteiger partial charge in [0.2, 0.25) is 0 Å². The Hall–Kier alpha value is -1.45. The Morgan fingerprint density at radius 1 is 1.11 bits per heavy atom. The summed E-state index contributed by atoms with van der Waals surface area (Å²) in [5, 5.41) is 3.39. The van der Waals surface area contributed by atoms with Crippen LogP contribution < -0.4 is 5.32 Å². The zero-order chi connectivity index (χ0) is 14.0. The first-order valence-corrected chi connectivity index (χ1v) is 6.30. The Kier molecular flexibility index (Phi) is 4.17. The summed E-state index contributed by atoms with van der Waals surface area (Å²) < 4.78 is 28.2. The fourth-order valence-corrected chi connectivity index (χ4v) is 2.35. The second kappa shape index (κ2) is 5.68. The van der Waals surface area contributed by atoms with Crippen molar-refractivity contribution >= 4 is 11.6 Å². The zero-order valence-electron chi connectivity index (χ0n) is 10.7. The highest BCUT2D eigenvalue weighted by Gasteiger charge is 2.23. The van der Waals surface area contributed by atoms with Crippen molar-refractivity contribution in [2.45, 2.75) is 13.0 Å². The molecule has 0 aromatic heterocycles. The minimum atomic E-state index is -0.617. The Morgan fingerprint density at radius 2 is 1.79 bits per heavy atom. The molecule has 0 saturated carbocycles. The Morgan fingerprint density at radius 3 is 2.42 bits per heavy atom. The fourth-order valence-electron chi connectivity index (χ4n) is 2.11. The zero-order valence-corrected chi connectivity index (χ0v) is 11.4. The second-order valence-corrected chi connectivity index (χ2v) is 4.74. The van der Waals surface area contributed by atoms with Crippen molar-refractivity contribution < 1.29 is 8.78 Å². The van der Waals surface area contributed by atoms with E-state index in [9.17, 15) is 8.78 Å². The van der Waals surface area contributed by atoms with Gasteiger partial charge in [0.15, 0.2) is 0 Å². The maximum absolute atomic E-state index is 14.2. The molecule has 1 unspecified atom stereocenters. The van der Waals surface area contributed by atoms with E-state index in [1.165, 1.54) is 12.1 Å². The van der Waals surface area contributed by atoms with Crippen molar-refractivity contribution in [1.82, 2.24) is 5.32 Å². The normalized spacial score (nSPS) is 12.5. The van der Waals surface area contributed by atoms with Crippen molar-refractivity contribution in [3.8, 4) is 0 Å². The number of hydrogen-bond acceptors (Lipinski definition) is 1. The van der Waals surface area contributed by atoms with Crippen LogP contribution in [-0.2, 0) is 0 Å². The summed E-state index contributed by atoms with van der Waals surface area (Å²) in [4.78, 5) is 0. The summed E-state index contributed by atoms with van der Waals surface area (Å²) in [6.07, 6.45) is 0. The lowest BCUT2D eigenvalue weighted by molar-refractivity contribution is 0.517. The van der Waals surface area contributed by atoms with E-state index in [1.54, 1.807) is 38.2 Å². The van der Waals surface area contributed by atoms with Crippen LogP contribution in [0.1, 0.15) is 22.7 Å². The quantitative estimate of drug-likeness (QED) is 0.887. The molecule has 0 aliphatic rings. The molecule has 0 amide bonds. The Labute approximate surface area is 116 Å². The lowest BCUT2D eigenvalue weighted by Gasteiger charge is -2.20. The van der Waals surface area contributed by atoms with Crippen LogP contribution in [-0.4, -0.2) is 7.05 Å². The van der Waals surface area contributed by atoms with Crippen molar-refractivity contribution in [2.24, 2.45) is 0 Å². The molecule has 2 rings (SSSR count). The summed E-state index contributed by atoms with van der Waals surface area (Å²) in [5.74, 6) is -1.12. The third-order valence-electron chi connectivity index (χ3n) is 3.11. The largest absolute Gasteiger partial charge is 0.309 e. The molecule has 2 aromatic carbocycles. The van der Waals surface area contributed by atoms with Gasteiger partial charge in [-0.25, -0.2) is 8.78 Å². The van der Waals surface area contributed by atoms with Gasteiger partial charge in [0.05, 0.1) is 6.04 Å². The highest BCUT2D eigenvalue weighted by Crippen LogP contribution is 2.31. The molecule has 19 heavy (non-hydrogen) atoms. The molecule has 0 saturated heterocycles. The lowest BCUT2D eigenvalue weighted by atomic mass is 9.96. The van der Waals surface area contributed by atoms with Crippen LogP contribution in [0.3, 0.4) is 0 Å². The smallest absolute Gasteiger partial charge is 0.134 e. The van der Waals surface area contributed by atoms with E-state index < -0.39 is 17.7 Å². The van der Waals surface area contributed by atoms with E-state index in [0.717, 1.165) is 0 Å². The molecule has 0 spiro atoms. The SMILES string of the molecule is CNC(c1ccccc1Cl)c1c(F)ccc(C)c1F. The van der Waals surface area contributed by atoms with E-state index in [-0.39, 0.29) is 5.56 Å². The predicted molar refractivity (Wildman–Crippen MR) is 73.4 cm³/mol. The molecule has 0 heterocycles. The first kappa shape index (κ1) is 14.0. The molecule has 1 atom stereocenters. The third kappa shape index (κ3) is 2.62. The summed E-state index contributed by atoms with van der Waals surface area (Å²) >= 11 is 6.11. The number of hydrogen-bond donors (Lipinski definition) is 1. The minimum Gasteiger partial charge on any atom is -0.309 e. The molecule has 0 aliphatic carbocycles. The van der Waals surface area contributed by atoms with Crippen LogP contribution in [0.5, 0.6) is 0 Å². The highest BCUT2D eigenvalue weighted by molar-refractivity contribution is 6.31. The summed E-state index contributed by atoms with van der Waals surface area (Å²) in [7, 11) is 1.65. The standard InChI is InChI=1S/C15H14ClF2N/c1-9-7-8-12(17)13(14(9)18)15(19-2)10-5-3-4-6-11(10)16/h3-8,15,19H,1-2H3. The van der Waals surface area contributed by atoms with Gasteiger partial charge in [0.1, 0.15) is 11.6 Å². The topological polar surface area (TPSA) is 12.0 Å². The van der Waals surface area contributed by atoms with Crippen LogP contribution >= 0.6 is 11.6 Å². The van der Waals surface area contributed by atoms with Crippen LogP contribution in [0, 0.1) is 18.6 Å². The second-order valence-electron chi connectivity index (χ2n) is 4.34. The van der Waals surface area contributed by atoms with E-state index in [2.05, 4.69) is 5.32 Å². The van der Waals surface area contributed by atoms with Crippen molar-refractivity contribution in [2.75, 3.05) is 7.05 Å². The van der Waals surface area contributed by atoms with Gasteiger partial charge >= 0.3 is 0 Å². The maximum atomic E-state index is 14.2. The van der Waals surface area contributed by atoms with Gasteiger partial charge in [0.25, 0.3) is 0 Å². The predicted octanol–water partition coefficient (Wildman–Crippen LogP) is 4.24. The monoisotopic (exact) mass is 281 g/mol. The van der Waals surface area contributed by atoms with Gasteiger partial charge in [-0.15, -0.1) is 0 Å². The number of nitrogens with one attached hydrogen (secondary N) is 1. The number of rotatable bonds is 3. The molecule has 0 bridgehead atoms. The van der Waals surface area contributed by atoms with Crippen molar-refractivity contribution in [3.05, 3.63) is 69.7 Å². The van der Waals surface area contributed by atoms with E-state index in [4.69, 9.17) is 11.6 Å². The highest BCUT2D eigenvalue weighted by atomic mass is 35.5. The number of benzene rings is 2. The Balaban J connectivity index is 2.61.